The topological polar surface area (TPSA) is 86.0 Å². The number of ether oxygens (including phenoxy) is 1. The third-order valence-corrected chi connectivity index (χ3v) is 3.95. The third-order valence-electron chi connectivity index (χ3n) is 3.95. The maximum atomic E-state index is 12.2. The minimum atomic E-state index is -0.327. The Labute approximate surface area is 154 Å². The van der Waals surface area contributed by atoms with E-state index >= 15 is 0 Å². The average molecular weight is 368 g/mol. The van der Waals surface area contributed by atoms with Gasteiger partial charge in [0.2, 0.25) is 0 Å². The minimum absolute atomic E-state index is 0. The number of esters is 1. The van der Waals surface area contributed by atoms with Gasteiger partial charge >= 0.3 is 39.9 Å². The van der Waals surface area contributed by atoms with Crippen LogP contribution < -0.4 is 0 Å². The molecule has 2 aliphatic rings. The Hall–Kier alpha value is -1.56. The van der Waals surface area contributed by atoms with E-state index in [0.29, 0.717) is 0 Å². The van der Waals surface area contributed by atoms with Crippen LogP contribution in [0.1, 0.15) is 32.1 Å². The Morgan fingerprint density at radius 1 is 0.917 bits per heavy atom. The fourth-order valence-electron chi connectivity index (χ4n) is 2.99. The molecule has 0 atom stereocenters. The molecule has 0 radical (unpaired) electrons. The first kappa shape index (κ1) is 27.3. The van der Waals surface area contributed by atoms with Crippen LogP contribution in [0, 0.1) is 31.3 Å². The molecule has 0 amide bonds. The Morgan fingerprint density at radius 2 is 1.33 bits per heavy atom. The molecule has 0 N–H and O–H groups in total. The van der Waals surface area contributed by atoms with E-state index in [1.165, 1.54) is 13.5 Å². The van der Waals surface area contributed by atoms with Gasteiger partial charge in [0.05, 0.1) is 12.5 Å². The van der Waals surface area contributed by atoms with Crippen molar-refractivity contribution in [2.75, 3.05) is 7.11 Å². The number of methoxy groups -OCH3 is 1. The second-order valence-electron chi connectivity index (χ2n) is 4.89. The maximum absolute atomic E-state index is 12.2. The largest absolute Gasteiger partial charge is 0 e. The van der Waals surface area contributed by atoms with E-state index in [-0.39, 0.29) is 34.7 Å². The standard InChI is InChI=1S/C15H20O2.3CO.Cr/c1-17-14(16)15(11-7-4-8-12-15)13-9-5-2-3-6-10-13;3*1-2;/h2-3,5-6,9-10,13H,4,7-8,11-12H2,1H3;;;;. The summed E-state index contributed by atoms with van der Waals surface area (Å²) in [5.41, 5.74) is -0.327. The van der Waals surface area contributed by atoms with Gasteiger partial charge in [-0.05, 0) is 12.8 Å². The van der Waals surface area contributed by atoms with Gasteiger partial charge in [-0.2, -0.15) is 0 Å². The van der Waals surface area contributed by atoms with Crippen molar-refractivity contribution >= 4 is 5.97 Å². The summed E-state index contributed by atoms with van der Waals surface area (Å²) in [4.78, 5) is 12.2. The Balaban J connectivity index is -0.000000569. The van der Waals surface area contributed by atoms with Gasteiger partial charge in [0, 0.05) is 23.3 Å². The van der Waals surface area contributed by atoms with Gasteiger partial charge in [-0.15, -0.1) is 0 Å². The zero-order valence-corrected chi connectivity index (χ0v) is 14.8. The molecule has 2 aliphatic carbocycles. The maximum Gasteiger partial charge on any atom is 0 e. The Kier molecular flexibility index (Phi) is 20.2. The molecule has 0 aliphatic heterocycles. The van der Waals surface area contributed by atoms with E-state index in [0.717, 1.165) is 25.7 Å². The molecule has 0 spiro atoms. The first-order chi connectivity index (χ1) is 11.3. The molecule has 128 valence electrons. The molecule has 5 nitrogen and oxygen atoms in total. The normalized spacial score (nSPS) is 16.8. The predicted molar refractivity (Wildman–Crippen MR) is 80.2 cm³/mol. The van der Waals surface area contributed by atoms with Crippen LogP contribution >= 0.6 is 0 Å². The van der Waals surface area contributed by atoms with Crippen LogP contribution in [0.15, 0.2) is 36.5 Å². The molecule has 0 heterocycles. The van der Waals surface area contributed by atoms with Crippen LogP contribution in [0.25, 0.3) is 0 Å². The van der Waals surface area contributed by atoms with Gasteiger partial charge in [0.1, 0.15) is 0 Å². The van der Waals surface area contributed by atoms with Crippen LogP contribution in [-0.2, 0) is 40.8 Å². The second-order valence-corrected chi connectivity index (χ2v) is 4.89. The van der Waals surface area contributed by atoms with Crippen molar-refractivity contribution in [3.8, 4) is 0 Å². The molecular weight excluding hydrogens is 348 g/mol. The van der Waals surface area contributed by atoms with Crippen LogP contribution in [0.4, 0.5) is 0 Å². The van der Waals surface area contributed by atoms with Gasteiger partial charge < -0.3 is 4.74 Å². The summed E-state index contributed by atoms with van der Waals surface area (Å²) in [6.45, 7) is 13.5. The number of allylic oxidation sites excluding steroid dienone is 6. The zero-order valence-electron chi connectivity index (χ0n) is 13.5. The van der Waals surface area contributed by atoms with E-state index in [4.69, 9.17) is 18.7 Å². The van der Waals surface area contributed by atoms with Gasteiger partial charge in [-0.1, -0.05) is 55.7 Å². The average Bonchev–Trinajstić information content (AvgIpc) is 2.96. The van der Waals surface area contributed by atoms with E-state index in [1.807, 2.05) is 24.3 Å². The number of hydrogen-bond acceptors (Lipinski definition) is 2. The molecule has 0 aromatic heterocycles. The van der Waals surface area contributed by atoms with Crippen LogP contribution in [0.3, 0.4) is 0 Å². The van der Waals surface area contributed by atoms with Crippen molar-refractivity contribution in [3.63, 3.8) is 0 Å². The summed E-state index contributed by atoms with van der Waals surface area (Å²) in [6, 6.07) is 0. The summed E-state index contributed by atoms with van der Waals surface area (Å²) >= 11 is 0. The molecule has 0 unspecified atom stereocenters. The molecule has 0 aromatic carbocycles. The Bertz CT molecular complexity index is 449. The molecule has 0 aromatic rings. The van der Waals surface area contributed by atoms with Crippen molar-refractivity contribution < 1.29 is 40.8 Å². The van der Waals surface area contributed by atoms with Crippen molar-refractivity contribution in [2.24, 2.45) is 11.3 Å². The van der Waals surface area contributed by atoms with Crippen molar-refractivity contribution in [1.82, 2.24) is 0 Å². The predicted octanol–water partition coefficient (Wildman–Crippen LogP) is 3.29. The monoisotopic (exact) mass is 368 g/mol. The van der Waals surface area contributed by atoms with Crippen molar-refractivity contribution in [3.05, 3.63) is 56.4 Å². The number of hydrogen-bond donors (Lipinski definition) is 0. The zero-order chi connectivity index (χ0) is 18.1. The van der Waals surface area contributed by atoms with Gasteiger partial charge in [0.25, 0.3) is 0 Å². The van der Waals surface area contributed by atoms with Gasteiger partial charge in [0.15, 0.2) is 0 Å². The van der Waals surface area contributed by atoms with Crippen LogP contribution in [-0.4, -0.2) is 13.1 Å². The van der Waals surface area contributed by atoms with E-state index in [2.05, 4.69) is 32.1 Å². The molecule has 0 saturated heterocycles. The Morgan fingerprint density at radius 3 is 1.71 bits per heavy atom. The fourth-order valence-corrected chi connectivity index (χ4v) is 2.99. The number of carbonyl (C=O) groups excluding carboxylic acids is 1. The quantitative estimate of drug-likeness (QED) is 0.425. The molecule has 2 rings (SSSR count). The van der Waals surface area contributed by atoms with Gasteiger partial charge in [-0.25, -0.2) is 0 Å². The summed E-state index contributed by atoms with van der Waals surface area (Å²) in [7, 11) is 1.50. The molecule has 1 fully saturated rings. The first-order valence-corrected chi connectivity index (χ1v) is 7.01. The minimum Gasteiger partial charge on any atom is 0 e. The summed E-state index contributed by atoms with van der Waals surface area (Å²) in [6.07, 6.45) is 17.7. The molecule has 1 saturated carbocycles. The summed E-state index contributed by atoms with van der Waals surface area (Å²) < 4.78 is 27.6. The summed E-state index contributed by atoms with van der Waals surface area (Å²) in [5.74, 6) is 0.128. The smallest absolute Gasteiger partial charge is 0 e. The van der Waals surface area contributed by atoms with E-state index in [1.54, 1.807) is 0 Å². The van der Waals surface area contributed by atoms with E-state index < -0.39 is 0 Å². The van der Waals surface area contributed by atoms with E-state index in [9.17, 15) is 4.79 Å². The number of carbonyl (C=O) groups is 1. The molecular formula is C18H20CrO5. The molecule has 0 bridgehead atoms. The SMILES string of the molecule is COC(=O)C1(C2C=CC=CC=C2)CCCCC1.[C-]#[O+].[C-]#[O+].[C-]#[O+].[Cr]. The van der Waals surface area contributed by atoms with Crippen LogP contribution in [0.2, 0.25) is 0 Å². The second kappa shape index (κ2) is 17.8. The summed E-state index contributed by atoms with van der Waals surface area (Å²) in [5, 5.41) is 0. The number of rotatable bonds is 2. The first-order valence-electron chi connectivity index (χ1n) is 7.01. The third kappa shape index (κ3) is 7.82. The van der Waals surface area contributed by atoms with Crippen molar-refractivity contribution in [2.45, 2.75) is 32.1 Å². The van der Waals surface area contributed by atoms with Crippen molar-refractivity contribution in [1.29, 1.82) is 0 Å². The molecule has 6 heteroatoms. The fraction of sp³-hybridized carbons (Fsp3) is 0.444. The molecule has 24 heavy (non-hydrogen) atoms. The van der Waals surface area contributed by atoms with Gasteiger partial charge in [-0.3, -0.25) is 4.79 Å². The van der Waals surface area contributed by atoms with Crippen LogP contribution in [0.5, 0.6) is 0 Å².